The average molecular weight is 409 g/mol. The summed E-state index contributed by atoms with van der Waals surface area (Å²) in [6, 6.07) is 19.9. The number of rotatable bonds is 2. The molecule has 152 valence electrons. The molecular formula is C25H19N3O3. The number of carbonyl (C=O) groups is 1. The van der Waals surface area contributed by atoms with E-state index in [1.54, 1.807) is 12.6 Å². The van der Waals surface area contributed by atoms with Crippen LogP contribution in [-0.2, 0) is 6.54 Å². The summed E-state index contributed by atoms with van der Waals surface area (Å²) in [5.74, 6) is 0.768. The monoisotopic (exact) mass is 409 g/mol. The van der Waals surface area contributed by atoms with Crippen molar-refractivity contribution in [3.63, 3.8) is 0 Å². The highest BCUT2D eigenvalue weighted by Gasteiger charge is 2.24. The predicted molar refractivity (Wildman–Crippen MR) is 118 cm³/mol. The molecule has 0 bridgehead atoms. The van der Waals surface area contributed by atoms with Gasteiger partial charge in [-0.3, -0.25) is 4.79 Å². The van der Waals surface area contributed by atoms with Crippen LogP contribution in [0.5, 0.6) is 5.75 Å². The molecule has 0 atom stereocenters. The fourth-order valence-corrected chi connectivity index (χ4v) is 4.18. The molecule has 0 radical (unpaired) electrons. The summed E-state index contributed by atoms with van der Waals surface area (Å²) in [5.41, 5.74) is 6.37. The van der Waals surface area contributed by atoms with Crippen LogP contribution in [0.15, 0.2) is 77.7 Å². The van der Waals surface area contributed by atoms with Gasteiger partial charge in [0, 0.05) is 17.5 Å². The van der Waals surface area contributed by atoms with Crippen molar-refractivity contribution < 1.29 is 13.9 Å². The first kappa shape index (κ1) is 17.8. The SMILES string of the molecule is O=C(c1coc2ccccc12)N1CCOc2ccc(-c3ccc4nc[nH]c4c3)cc2C1. The summed E-state index contributed by atoms with van der Waals surface area (Å²) in [5, 5.41) is 0.833. The fourth-order valence-electron chi connectivity index (χ4n) is 4.18. The Bertz CT molecular complexity index is 1430. The Hall–Kier alpha value is -4.06. The Morgan fingerprint density at radius 2 is 1.90 bits per heavy atom. The third-order valence-corrected chi connectivity index (χ3v) is 5.79. The highest BCUT2D eigenvalue weighted by molar-refractivity contribution is 6.05. The Kier molecular flexibility index (Phi) is 4.02. The second kappa shape index (κ2) is 7.02. The normalized spacial score (nSPS) is 13.7. The molecule has 0 aliphatic carbocycles. The number of carbonyl (C=O) groups excluding carboxylic acids is 1. The first-order valence-electron chi connectivity index (χ1n) is 10.2. The maximum Gasteiger partial charge on any atom is 0.258 e. The van der Waals surface area contributed by atoms with Gasteiger partial charge in [0.15, 0.2) is 0 Å². The first-order chi connectivity index (χ1) is 15.3. The van der Waals surface area contributed by atoms with Crippen molar-refractivity contribution in [2.24, 2.45) is 0 Å². The average Bonchev–Trinajstić information content (AvgIpc) is 3.39. The summed E-state index contributed by atoms with van der Waals surface area (Å²) in [7, 11) is 0. The minimum Gasteiger partial charge on any atom is -0.491 e. The quantitative estimate of drug-likeness (QED) is 0.445. The van der Waals surface area contributed by atoms with Crippen LogP contribution < -0.4 is 4.74 Å². The Balaban J connectivity index is 1.34. The molecule has 6 heteroatoms. The summed E-state index contributed by atoms with van der Waals surface area (Å²) in [4.78, 5) is 22.6. The van der Waals surface area contributed by atoms with Gasteiger partial charge in [-0.1, -0.05) is 30.3 Å². The van der Waals surface area contributed by atoms with Gasteiger partial charge in [-0.05, 0) is 41.5 Å². The van der Waals surface area contributed by atoms with Crippen molar-refractivity contribution in [2.45, 2.75) is 6.54 Å². The van der Waals surface area contributed by atoms with Crippen LogP contribution in [0.2, 0.25) is 0 Å². The maximum atomic E-state index is 13.3. The number of imidazole rings is 1. The van der Waals surface area contributed by atoms with Crippen LogP contribution in [0, 0.1) is 0 Å². The highest BCUT2D eigenvalue weighted by Crippen LogP contribution is 2.31. The summed E-state index contributed by atoms with van der Waals surface area (Å²) < 4.78 is 11.5. The second-order valence-corrected chi connectivity index (χ2v) is 7.68. The smallest absolute Gasteiger partial charge is 0.258 e. The third-order valence-electron chi connectivity index (χ3n) is 5.79. The number of ether oxygens (including phenoxy) is 1. The van der Waals surface area contributed by atoms with Crippen molar-refractivity contribution >= 4 is 27.9 Å². The molecule has 6 nitrogen and oxygen atoms in total. The van der Waals surface area contributed by atoms with E-state index in [0.29, 0.717) is 30.8 Å². The van der Waals surface area contributed by atoms with Gasteiger partial charge in [0.2, 0.25) is 0 Å². The topological polar surface area (TPSA) is 71.4 Å². The van der Waals surface area contributed by atoms with E-state index >= 15 is 0 Å². The van der Waals surface area contributed by atoms with Gasteiger partial charge in [-0.25, -0.2) is 4.98 Å². The van der Waals surface area contributed by atoms with Gasteiger partial charge in [0.1, 0.15) is 24.2 Å². The van der Waals surface area contributed by atoms with Crippen LogP contribution in [0.4, 0.5) is 0 Å². The zero-order valence-corrected chi connectivity index (χ0v) is 16.7. The van der Waals surface area contributed by atoms with Gasteiger partial charge >= 0.3 is 0 Å². The highest BCUT2D eigenvalue weighted by atomic mass is 16.5. The zero-order valence-electron chi connectivity index (χ0n) is 16.7. The van der Waals surface area contributed by atoms with Gasteiger partial charge in [0.25, 0.3) is 5.91 Å². The molecule has 6 rings (SSSR count). The van der Waals surface area contributed by atoms with E-state index in [9.17, 15) is 4.79 Å². The number of amides is 1. The number of para-hydroxylation sites is 1. The fraction of sp³-hybridized carbons (Fsp3) is 0.120. The first-order valence-corrected chi connectivity index (χ1v) is 10.2. The van der Waals surface area contributed by atoms with E-state index < -0.39 is 0 Å². The number of nitrogens with one attached hydrogen (secondary N) is 1. The maximum absolute atomic E-state index is 13.3. The van der Waals surface area contributed by atoms with E-state index in [-0.39, 0.29) is 5.91 Å². The number of nitrogens with zero attached hydrogens (tertiary/aromatic N) is 2. The molecule has 1 aliphatic heterocycles. The molecule has 0 saturated carbocycles. The molecule has 1 amide bonds. The summed E-state index contributed by atoms with van der Waals surface area (Å²) in [6.45, 7) is 1.45. The van der Waals surface area contributed by atoms with Crippen molar-refractivity contribution in [3.05, 3.63) is 84.4 Å². The lowest BCUT2D eigenvalue weighted by atomic mass is 10.0. The van der Waals surface area contributed by atoms with Crippen LogP contribution in [-0.4, -0.2) is 33.9 Å². The lowest BCUT2D eigenvalue weighted by Gasteiger charge is -2.19. The van der Waals surface area contributed by atoms with E-state index in [4.69, 9.17) is 9.15 Å². The number of aromatic nitrogens is 2. The van der Waals surface area contributed by atoms with Crippen molar-refractivity contribution in [2.75, 3.05) is 13.2 Å². The predicted octanol–water partition coefficient (Wildman–Crippen LogP) is 5.01. The van der Waals surface area contributed by atoms with Gasteiger partial charge in [0.05, 0.1) is 29.5 Å². The van der Waals surface area contributed by atoms with Crippen LogP contribution in [0.3, 0.4) is 0 Å². The van der Waals surface area contributed by atoms with Crippen molar-refractivity contribution in [1.29, 1.82) is 0 Å². The molecule has 3 aromatic carbocycles. The zero-order chi connectivity index (χ0) is 20.8. The van der Waals surface area contributed by atoms with E-state index in [1.165, 1.54) is 0 Å². The van der Waals surface area contributed by atoms with Crippen molar-refractivity contribution in [1.82, 2.24) is 14.9 Å². The van der Waals surface area contributed by atoms with E-state index in [0.717, 1.165) is 38.9 Å². The standard InChI is InChI=1S/C25H19N3O3/c29-25(20-14-31-24-4-2-1-3-19(20)24)28-9-10-30-23-8-6-16(11-18(23)13-28)17-5-7-21-22(12-17)27-15-26-21/h1-8,11-12,14-15H,9-10,13H2,(H,26,27). The number of furan rings is 1. The Morgan fingerprint density at radius 1 is 1.03 bits per heavy atom. The molecule has 0 saturated heterocycles. The largest absolute Gasteiger partial charge is 0.491 e. The van der Waals surface area contributed by atoms with Gasteiger partial charge in [-0.2, -0.15) is 0 Å². The van der Waals surface area contributed by atoms with Gasteiger partial charge in [-0.15, -0.1) is 0 Å². The molecule has 2 aromatic heterocycles. The Labute approximate surface area is 178 Å². The van der Waals surface area contributed by atoms with Crippen LogP contribution in [0.25, 0.3) is 33.1 Å². The molecule has 31 heavy (non-hydrogen) atoms. The molecule has 0 fully saturated rings. The molecule has 1 N–H and O–H groups in total. The summed E-state index contributed by atoms with van der Waals surface area (Å²) >= 11 is 0. The van der Waals surface area contributed by atoms with Gasteiger partial charge < -0.3 is 19.0 Å². The number of hydrogen-bond acceptors (Lipinski definition) is 4. The van der Waals surface area contributed by atoms with Crippen molar-refractivity contribution in [3.8, 4) is 16.9 Å². The minimum atomic E-state index is -0.0503. The van der Waals surface area contributed by atoms with Crippen LogP contribution in [0.1, 0.15) is 15.9 Å². The molecule has 3 heterocycles. The molecule has 1 aliphatic rings. The van der Waals surface area contributed by atoms with E-state index in [1.807, 2.05) is 41.3 Å². The lowest BCUT2D eigenvalue weighted by molar-refractivity contribution is 0.0734. The Morgan fingerprint density at radius 3 is 2.87 bits per heavy atom. The third kappa shape index (κ3) is 3.04. The van der Waals surface area contributed by atoms with E-state index in [2.05, 4.69) is 34.2 Å². The number of benzene rings is 3. The minimum absolute atomic E-state index is 0.0503. The number of fused-ring (bicyclic) bond motifs is 3. The number of hydrogen-bond donors (Lipinski definition) is 1. The molecule has 5 aromatic rings. The molecular weight excluding hydrogens is 390 g/mol. The molecule has 0 unspecified atom stereocenters. The lowest BCUT2D eigenvalue weighted by Crippen LogP contribution is -2.32. The summed E-state index contributed by atoms with van der Waals surface area (Å²) in [6.07, 6.45) is 3.25. The second-order valence-electron chi connectivity index (χ2n) is 7.68. The number of aromatic amines is 1. The van der Waals surface area contributed by atoms with Crippen LogP contribution >= 0.6 is 0 Å². The number of H-pyrrole nitrogens is 1. The molecule has 0 spiro atoms.